The SMILES string of the molecule is COc1ccc(N2CCN(C(=O)c3cc(OCc4ccccc4)no3)CC2)cc1. The van der Waals surface area contributed by atoms with Crippen molar-refractivity contribution in [3.8, 4) is 11.6 Å². The molecular weight excluding hydrogens is 370 g/mol. The van der Waals surface area contributed by atoms with E-state index in [4.69, 9.17) is 14.0 Å². The van der Waals surface area contributed by atoms with E-state index in [2.05, 4.69) is 10.1 Å². The van der Waals surface area contributed by atoms with Gasteiger partial charge in [-0.15, -0.1) is 0 Å². The van der Waals surface area contributed by atoms with Crippen LogP contribution in [0.4, 0.5) is 5.69 Å². The molecule has 1 fully saturated rings. The van der Waals surface area contributed by atoms with Crippen molar-refractivity contribution in [1.29, 1.82) is 0 Å². The van der Waals surface area contributed by atoms with Gasteiger partial charge in [-0.25, -0.2) is 0 Å². The summed E-state index contributed by atoms with van der Waals surface area (Å²) in [6, 6.07) is 19.3. The second-order valence-corrected chi connectivity index (χ2v) is 6.78. The van der Waals surface area contributed by atoms with Gasteiger partial charge in [-0.2, -0.15) is 0 Å². The molecule has 0 bridgehead atoms. The van der Waals surface area contributed by atoms with Crippen molar-refractivity contribution >= 4 is 11.6 Å². The molecule has 2 aromatic carbocycles. The molecule has 0 spiro atoms. The van der Waals surface area contributed by atoms with E-state index in [1.165, 1.54) is 0 Å². The Bertz CT molecular complexity index is 932. The molecule has 7 nitrogen and oxygen atoms in total. The van der Waals surface area contributed by atoms with Crippen LogP contribution in [0, 0.1) is 0 Å². The van der Waals surface area contributed by atoms with Gasteiger partial charge in [-0.05, 0) is 35.0 Å². The summed E-state index contributed by atoms with van der Waals surface area (Å²) >= 11 is 0. The van der Waals surface area contributed by atoms with Crippen LogP contribution < -0.4 is 14.4 Å². The van der Waals surface area contributed by atoms with Crippen LogP contribution in [0.3, 0.4) is 0 Å². The number of ether oxygens (including phenoxy) is 2. The first-order valence-electron chi connectivity index (χ1n) is 9.54. The zero-order chi connectivity index (χ0) is 20.1. The van der Waals surface area contributed by atoms with Crippen LogP contribution in [0.2, 0.25) is 0 Å². The van der Waals surface area contributed by atoms with E-state index in [1.807, 2.05) is 54.6 Å². The van der Waals surface area contributed by atoms with Gasteiger partial charge in [0.15, 0.2) is 0 Å². The normalized spacial score (nSPS) is 14.0. The van der Waals surface area contributed by atoms with Crippen molar-refractivity contribution in [2.45, 2.75) is 6.61 Å². The van der Waals surface area contributed by atoms with Gasteiger partial charge in [-0.3, -0.25) is 4.79 Å². The summed E-state index contributed by atoms with van der Waals surface area (Å²) in [6.07, 6.45) is 0. The molecule has 0 radical (unpaired) electrons. The number of piperazine rings is 1. The molecule has 2 heterocycles. The number of rotatable bonds is 6. The van der Waals surface area contributed by atoms with Gasteiger partial charge < -0.3 is 23.8 Å². The molecule has 1 aliphatic rings. The molecule has 29 heavy (non-hydrogen) atoms. The fourth-order valence-electron chi connectivity index (χ4n) is 3.28. The Hall–Kier alpha value is -3.48. The minimum atomic E-state index is -0.165. The average molecular weight is 393 g/mol. The van der Waals surface area contributed by atoms with Crippen LogP contribution in [0.25, 0.3) is 0 Å². The van der Waals surface area contributed by atoms with Crippen molar-refractivity contribution in [2.75, 3.05) is 38.2 Å². The predicted molar refractivity (Wildman–Crippen MR) is 108 cm³/mol. The number of hydrogen-bond acceptors (Lipinski definition) is 6. The Morgan fingerprint density at radius 3 is 2.45 bits per heavy atom. The number of anilines is 1. The molecule has 0 atom stereocenters. The first kappa shape index (κ1) is 18.9. The topological polar surface area (TPSA) is 68.0 Å². The number of amides is 1. The molecule has 1 aliphatic heterocycles. The quantitative estimate of drug-likeness (QED) is 0.641. The van der Waals surface area contributed by atoms with Crippen molar-refractivity contribution in [3.63, 3.8) is 0 Å². The second kappa shape index (κ2) is 8.68. The fraction of sp³-hybridized carbons (Fsp3) is 0.273. The van der Waals surface area contributed by atoms with E-state index in [1.54, 1.807) is 18.1 Å². The molecule has 0 N–H and O–H groups in total. The van der Waals surface area contributed by atoms with E-state index >= 15 is 0 Å². The summed E-state index contributed by atoms with van der Waals surface area (Å²) in [6.45, 7) is 3.12. The summed E-state index contributed by atoms with van der Waals surface area (Å²) in [7, 11) is 1.65. The van der Waals surface area contributed by atoms with E-state index in [9.17, 15) is 4.79 Å². The van der Waals surface area contributed by atoms with Crippen LogP contribution >= 0.6 is 0 Å². The number of nitrogens with zero attached hydrogens (tertiary/aromatic N) is 3. The highest BCUT2D eigenvalue weighted by molar-refractivity contribution is 5.91. The van der Waals surface area contributed by atoms with Gasteiger partial charge in [0.2, 0.25) is 5.76 Å². The summed E-state index contributed by atoms with van der Waals surface area (Å²) in [5.74, 6) is 1.18. The number of carbonyl (C=O) groups excluding carboxylic acids is 1. The molecule has 4 rings (SSSR count). The van der Waals surface area contributed by atoms with Gasteiger partial charge in [-0.1, -0.05) is 30.3 Å². The highest BCUT2D eigenvalue weighted by Gasteiger charge is 2.25. The largest absolute Gasteiger partial charge is 0.497 e. The molecule has 0 unspecified atom stereocenters. The molecule has 7 heteroatoms. The van der Waals surface area contributed by atoms with Gasteiger partial charge in [0.1, 0.15) is 12.4 Å². The lowest BCUT2D eigenvalue weighted by atomic mass is 10.2. The molecule has 1 amide bonds. The Kier molecular flexibility index (Phi) is 5.65. The monoisotopic (exact) mass is 393 g/mol. The van der Waals surface area contributed by atoms with Crippen LogP contribution in [0.1, 0.15) is 16.1 Å². The number of benzene rings is 2. The van der Waals surface area contributed by atoms with Gasteiger partial charge in [0, 0.05) is 31.9 Å². The van der Waals surface area contributed by atoms with Crippen LogP contribution in [0.5, 0.6) is 11.6 Å². The minimum absolute atomic E-state index is 0.165. The third-order valence-corrected chi connectivity index (χ3v) is 4.93. The number of hydrogen-bond donors (Lipinski definition) is 0. The summed E-state index contributed by atoms with van der Waals surface area (Å²) in [5.41, 5.74) is 2.15. The van der Waals surface area contributed by atoms with E-state index < -0.39 is 0 Å². The third-order valence-electron chi connectivity index (χ3n) is 4.93. The maximum Gasteiger partial charge on any atom is 0.292 e. The standard InChI is InChI=1S/C22H23N3O4/c1-27-19-9-7-18(8-10-19)24-11-13-25(14-12-24)22(26)20-15-21(23-29-20)28-16-17-5-3-2-4-6-17/h2-10,15H,11-14,16H2,1H3. The Morgan fingerprint density at radius 2 is 1.76 bits per heavy atom. The van der Waals surface area contributed by atoms with E-state index in [0.29, 0.717) is 25.6 Å². The highest BCUT2D eigenvalue weighted by Crippen LogP contribution is 2.22. The highest BCUT2D eigenvalue weighted by atomic mass is 16.5. The Balaban J connectivity index is 1.30. The summed E-state index contributed by atoms with van der Waals surface area (Å²) in [5, 5.41) is 3.86. The maximum absolute atomic E-state index is 12.7. The zero-order valence-electron chi connectivity index (χ0n) is 16.3. The van der Waals surface area contributed by atoms with E-state index in [-0.39, 0.29) is 11.7 Å². The van der Waals surface area contributed by atoms with Gasteiger partial charge in [0.05, 0.1) is 13.2 Å². The minimum Gasteiger partial charge on any atom is -0.497 e. The molecule has 1 saturated heterocycles. The molecule has 3 aromatic rings. The lowest BCUT2D eigenvalue weighted by Gasteiger charge is -2.35. The van der Waals surface area contributed by atoms with Crippen molar-refractivity contribution in [3.05, 3.63) is 72.0 Å². The maximum atomic E-state index is 12.7. The second-order valence-electron chi connectivity index (χ2n) is 6.78. The zero-order valence-corrected chi connectivity index (χ0v) is 16.3. The van der Waals surface area contributed by atoms with Crippen LogP contribution in [-0.2, 0) is 6.61 Å². The molecule has 150 valence electrons. The van der Waals surface area contributed by atoms with Crippen molar-refractivity contribution in [1.82, 2.24) is 10.1 Å². The smallest absolute Gasteiger partial charge is 0.292 e. The summed E-state index contributed by atoms with van der Waals surface area (Å²) < 4.78 is 16.0. The Morgan fingerprint density at radius 1 is 1.03 bits per heavy atom. The van der Waals surface area contributed by atoms with Gasteiger partial charge in [0.25, 0.3) is 11.8 Å². The van der Waals surface area contributed by atoms with Crippen molar-refractivity contribution < 1.29 is 18.8 Å². The third kappa shape index (κ3) is 4.51. The molecule has 0 aliphatic carbocycles. The first-order chi connectivity index (χ1) is 14.2. The lowest BCUT2D eigenvalue weighted by molar-refractivity contribution is 0.0704. The number of methoxy groups -OCH3 is 1. The van der Waals surface area contributed by atoms with E-state index in [0.717, 1.165) is 30.1 Å². The fourth-order valence-corrected chi connectivity index (χ4v) is 3.28. The number of carbonyl (C=O) groups is 1. The van der Waals surface area contributed by atoms with Crippen molar-refractivity contribution in [2.24, 2.45) is 0 Å². The average Bonchev–Trinajstić information content (AvgIpc) is 3.27. The molecule has 0 saturated carbocycles. The molecule has 1 aromatic heterocycles. The molecular formula is C22H23N3O4. The summed E-state index contributed by atoms with van der Waals surface area (Å²) in [4.78, 5) is 16.7. The van der Waals surface area contributed by atoms with Crippen LogP contribution in [-0.4, -0.2) is 49.3 Å². The number of aromatic nitrogens is 1. The Labute approximate surface area is 169 Å². The lowest BCUT2D eigenvalue weighted by Crippen LogP contribution is -2.48. The predicted octanol–water partition coefficient (Wildman–Crippen LogP) is 3.22. The van der Waals surface area contributed by atoms with Gasteiger partial charge >= 0.3 is 0 Å². The van der Waals surface area contributed by atoms with Crippen LogP contribution in [0.15, 0.2) is 65.2 Å². The first-order valence-corrected chi connectivity index (χ1v) is 9.54.